The third-order valence-electron chi connectivity index (χ3n) is 5.34. The van der Waals surface area contributed by atoms with Gasteiger partial charge in [-0.1, -0.05) is 70.8 Å². The number of thiophene rings is 1. The summed E-state index contributed by atoms with van der Waals surface area (Å²) in [6.45, 7) is 3.07. The summed E-state index contributed by atoms with van der Waals surface area (Å²) in [5.41, 5.74) is 2.07. The molecule has 0 radical (unpaired) electrons. The Morgan fingerprint density at radius 1 is 0.733 bits per heavy atom. The van der Waals surface area contributed by atoms with Crippen molar-refractivity contribution in [1.82, 2.24) is 9.97 Å². The van der Waals surface area contributed by atoms with Crippen molar-refractivity contribution in [3.8, 4) is 27.6 Å². The molecular weight excluding hydrogens is 388 g/mol. The fourth-order valence-corrected chi connectivity index (χ4v) is 4.23. The SMILES string of the molecule is CCCCCCCCCCCCOc1ccc(-c2ncc(-c3cccs3)cn2)cc1. The largest absolute Gasteiger partial charge is 0.494 e. The summed E-state index contributed by atoms with van der Waals surface area (Å²) < 4.78 is 5.90. The zero-order valence-electron chi connectivity index (χ0n) is 18.2. The quantitative estimate of drug-likeness (QED) is 0.246. The van der Waals surface area contributed by atoms with E-state index in [2.05, 4.69) is 28.3 Å². The molecule has 160 valence electrons. The number of hydrogen-bond donors (Lipinski definition) is 0. The molecule has 2 heterocycles. The second-order valence-corrected chi connectivity index (χ2v) is 8.78. The van der Waals surface area contributed by atoms with E-state index in [0.717, 1.165) is 35.7 Å². The summed E-state index contributed by atoms with van der Waals surface area (Å²) in [7, 11) is 0. The van der Waals surface area contributed by atoms with Gasteiger partial charge in [0.25, 0.3) is 0 Å². The van der Waals surface area contributed by atoms with Gasteiger partial charge in [-0.25, -0.2) is 9.97 Å². The monoisotopic (exact) mass is 422 g/mol. The second kappa shape index (κ2) is 13.2. The summed E-state index contributed by atoms with van der Waals surface area (Å²) in [6.07, 6.45) is 17.2. The number of benzene rings is 1. The molecule has 0 spiro atoms. The van der Waals surface area contributed by atoms with Crippen molar-refractivity contribution in [2.45, 2.75) is 71.1 Å². The number of unbranched alkanes of at least 4 members (excludes halogenated alkanes) is 9. The lowest BCUT2D eigenvalue weighted by Gasteiger charge is -2.07. The van der Waals surface area contributed by atoms with Crippen molar-refractivity contribution in [2.24, 2.45) is 0 Å². The molecule has 4 heteroatoms. The van der Waals surface area contributed by atoms with E-state index in [-0.39, 0.29) is 0 Å². The van der Waals surface area contributed by atoms with Crippen LogP contribution in [0.15, 0.2) is 54.2 Å². The van der Waals surface area contributed by atoms with Crippen molar-refractivity contribution >= 4 is 11.3 Å². The number of ether oxygens (including phenoxy) is 1. The number of rotatable bonds is 14. The predicted molar refractivity (Wildman–Crippen MR) is 128 cm³/mol. The Morgan fingerprint density at radius 2 is 1.37 bits per heavy atom. The molecule has 3 aromatic rings. The Labute approximate surface area is 185 Å². The highest BCUT2D eigenvalue weighted by Crippen LogP contribution is 2.25. The van der Waals surface area contributed by atoms with Crippen LogP contribution in [-0.4, -0.2) is 16.6 Å². The first-order valence-corrected chi connectivity index (χ1v) is 12.3. The van der Waals surface area contributed by atoms with Gasteiger partial charge in [0.05, 0.1) is 6.61 Å². The highest BCUT2D eigenvalue weighted by molar-refractivity contribution is 7.13. The topological polar surface area (TPSA) is 35.0 Å². The van der Waals surface area contributed by atoms with Crippen molar-refractivity contribution in [1.29, 1.82) is 0 Å². The first-order chi connectivity index (χ1) is 14.9. The molecule has 3 rings (SSSR count). The van der Waals surface area contributed by atoms with Crippen LogP contribution < -0.4 is 4.74 Å². The van der Waals surface area contributed by atoms with Crippen LogP contribution in [0.2, 0.25) is 0 Å². The first-order valence-electron chi connectivity index (χ1n) is 11.5. The maximum absolute atomic E-state index is 5.90. The minimum atomic E-state index is 0.747. The van der Waals surface area contributed by atoms with Crippen LogP contribution in [0.25, 0.3) is 21.8 Å². The maximum Gasteiger partial charge on any atom is 0.159 e. The van der Waals surface area contributed by atoms with E-state index in [1.165, 1.54) is 62.7 Å². The molecule has 0 aliphatic rings. The highest BCUT2D eigenvalue weighted by atomic mass is 32.1. The molecule has 30 heavy (non-hydrogen) atoms. The number of aromatic nitrogens is 2. The highest BCUT2D eigenvalue weighted by Gasteiger charge is 2.04. The summed E-state index contributed by atoms with van der Waals surface area (Å²) in [5.74, 6) is 1.67. The third-order valence-corrected chi connectivity index (χ3v) is 6.26. The molecular formula is C26H34N2OS. The minimum Gasteiger partial charge on any atom is -0.494 e. The van der Waals surface area contributed by atoms with Gasteiger partial charge in [0.15, 0.2) is 5.82 Å². The Morgan fingerprint density at radius 3 is 1.97 bits per heavy atom. The van der Waals surface area contributed by atoms with E-state index in [4.69, 9.17) is 4.74 Å². The molecule has 0 atom stereocenters. The lowest BCUT2D eigenvalue weighted by atomic mass is 10.1. The Hall–Kier alpha value is -2.20. The zero-order chi connectivity index (χ0) is 20.9. The Balaban J connectivity index is 1.31. The van der Waals surface area contributed by atoms with Gasteiger partial charge in [-0.15, -0.1) is 11.3 Å². The van der Waals surface area contributed by atoms with E-state index < -0.39 is 0 Å². The fraction of sp³-hybridized carbons (Fsp3) is 0.462. The predicted octanol–water partition coefficient (Wildman–Crippen LogP) is 8.17. The standard InChI is InChI=1S/C26H34N2OS/c1-2-3-4-5-6-7-8-9-10-11-18-29-24-16-14-22(15-17-24)26-27-20-23(21-28-26)25-13-12-19-30-25/h12-17,19-21H,2-11,18H2,1H3. The molecule has 0 N–H and O–H groups in total. The van der Waals surface area contributed by atoms with E-state index in [1.54, 1.807) is 11.3 Å². The minimum absolute atomic E-state index is 0.747. The van der Waals surface area contributed by atoms with Crippen LogP contribution in [0, 0.1) is 0 Å². The molecule has 2 aromatic heterocycles. The molecule has 0 unspecified atom stereocenters. The lowest BCUT2D eigenvalue weighted by Crippen LogP contribution is -1.97. The van der Waals surface area contributed by atoms with Gasteiger partial charge in [0.1, 0.15) is 5.75 Å². The van der Waals surface area contributed by atoms with Gasteiger partial charge in [0.2, 0.25) is 0 Å². The van der Waals surface area contributed by atoms with Crippen molar-refractivity contribution in [2.75, 3.05) is 6.61 Å². The molecule has 0 saturated carbocycles. The summed E-state index contributed by atoms with van der Waals surface area (Å²) in [4.78, 5) is 10.2. The van der Waals surface area contributed by atoms with Gasteiger partial charge in [0, 0.05) is 28.4 Å². The molecule has 1 aromatic carbocycles. The van der Waals surface area contributed by atoms with E-state index in [9.17, 15) is 0 Å². The van der Waals surface area contributed by atoms with E-state index >= 15 is 0 Å². The molecule has 3 nitrogen and oxygen atoms in total. The van der Waals surface area contributed by atoms with Gasteiger partial charge < -0.3 is 4.74 Å². The second-order valence-electron chi connectivity index (χ2n) is 7.83. The molecule has 0 amide bonds. The van der Waals surface area contributed by atoms with Crippen LogP contribution in [0.4, 0.5) is 0 Å². The summed E-state index contributed by atoms with van der Waals surface area (Å²) in [6, 6.07) is 12.2. The van der Waals surface area contributed by atoms with Crippen LogP contribution in [0.1, 0.15) is 71.1 Å². The third kappa shape index (κ3) is 7.56. The van der Waals surface area contributed by atoms with Crippen LogP contribution in [0.3, 0.4) is 0 Å². The number of hydrogen-bond acceptors (Lipinski definition) is 4. The average Bonchev–Trinajstić information content (AvgIpc) is 3.33. The van der Waals surface area contributed by atoms with Gasteiger partial charge in [-0.3, -0.25) is 0 Å². The molecule has 0 saturated heterocycles. The molecule has 0 aliphatic carbocycles. The van der Waals surface area contributed by atoms with Gasteiger partial charge in [-0.05, 0) is 42.1 Å². The maximum atomic E-state index is 5.90. The Kier molecular flexibility index (Phi) is 9.87. The smallest absolute Gasteiger partial charge is 0.159 e. The average molecular weight is 423 g/mol. The van der Waals surface area contributed by atoms with E-state index in [0.29, 0.717) is 0 Å². The summed E-state index contributed by atoms with van der Waals surface area (Å²) >= 11 is 1.70. The van der Waals surface area contributed by atoms with Crippen LogP contribution >= 0.6 is 11.3 Å². The molecule has 0 aliphatic heterocycles. The van der Waals surface area contributed by atoms with Crippen LogP contribution in [-0.2, 0) is 0 Å². The summed E-state index contributed by atoms with van der Waals surface area (Å²) in [5, 5.41) is 2.07. The molecule has 0 bridgehead atoms. The van der Waals surface area contributed by atoms with Crippen molar-refractivity contribution in [3.05, 3.63) is 54.2 Å². The van der Waals surface area contributed by atoms with Crippen LogP contribution in [0.5, 0.6) is 5.75 Å². The Bertz CT molecular complexity index is 813. The fourth-order valence-electron chi connectivity index (χ4n) is 3.53. The lowest BCUT2D eigenvalue weighted by molar-refractivity contribution is 0.304. The molecule has 0 fully saturated rings. The van der Waals surface area contributed by atoms with Gasteiger partial charge >= 0.3 is 0 Å². The van der Waals surface area contributed by atoms with Gasteiger partial charge in [-0.2, -0.15) is 0 Å². The zero-order valence-corrected chi connectivity index (χ0v) is 19.0. The number of nitrogens with zero attached hydrogens (tertiary/aromatic N) is 2. The first kappa shape index (κ1) is 22.5. The van der Waals surface area contributed by atoms with Crippen molar-refractivity contribution < 1.29 is 4.74 Å². The van der Waals surface area contributed by atoms with Crippen molar-refractivity contribution in [3.63, 3.8) is 0 Å². The van der Waals surface area contributed by atoms with E-state index in [1.807, 2.05) is 42.7 Å². The normalized spacial score (nSPS) is 11.0.